The molecule has 1 aromatic rings. The van der Waals surface area contributed by atoms with Crippen molar-refractivity contribution in [1.29, 1.82) is 0 Å². The van der Waals surface area contributed by atoms with E-state index in [4.69, 9.17) is 14.2 Å². The number of carbonyl (C=O) groups is 1. The summed E-state index contributed by atoms with van der Waals surface area (Å²) in [5, 5.41) is 0. The van der Waals surface area contributed by atoms with Gasteiger partial charge in [-0.05, 0) is 62.1 Å². The van der Waals surface area contributed by atoms with Crippen LogP contribution in [0.1, 0.15) is 51.0 Å². The van der Waals surface area contributed by atoms with E-state index >= 15 is 0 Å². The summed E-state index contributed by atoms with van der Waals surface area (Å²) in [6, 6.07) is 4.79. The maximum absolute atomic E-state index is 13.0. The zero-order valence-corrected chi connectivity index (χ0v) is 19.3. The van der Waals surface area contributed by atoms with Gasteiger partial charge in [-0.2, -0.15) is 0 Å². The minimum Gasteiger partial charge on any atom is -0.493 e. The van der Waals surface area contributed by atoms with Crippen molar-refractivity contribution < 1.29 is 19.0 Å². The summed E-state index contributed by atoms with van der Waals surface area (Å²) in [4.78, 5) is 17.6. The molecule has 1 aliphatic carbocycles. The highest BCUT2D eigenvalue weighted by Crippen LogP contribution is 2.38. The van der Waals surface area contributed by atoms with Gasteiger partial charge in [-0.25, -0.2) is 0 Å². The first-order valence-electron chi connectivity index (χ1n) is 11.2. The molecule has 0 N–H and O–H groups in total. The van der Waals surface area contributed by atoms with E-state index in [1.165, 1.54) is 25.7 Å². The van der Waals surface area contributed by atoms with Crippen molar-refractivity contribution in [2.24, 2.45) is 5.92 Å². The molecule has 6 nitrogen and oxygen atoms in total. The maximum Gasteiger partial charge on any atom is 0.226 e. The average molecular weight is 419 g/mol. The molecule has 1 amide bonds. The van der Waals surface area contributed by atoms with E-state index < -0.39 is 0 Å². The number of hydrogen-bond donors (Lipinski definition) is 0. The van der Waals surface area contributed by atoms with Gasteiger partial charge in [0, 0.05) is 32.2 Å². The molecule has 1 heterocycles. The molecular formula is C24H38N2O4. The van der Waals surface area contributed by atoms with Gasteiger partial charge in [-0.3, -0.25) is 4.79 Å². The highest BCUT2D eigenvalue weighted by Gasteiger charge is 2.30. The summed E-state index contributed by atoms with van der Waals surface area (Å²) in [5.41, 5.74) is 0.870. The lowest BCUT2D eigenvalue weighted by Gasteiger charge is -2.42. The van der Waals surface area contributed by atoms with Gasteiger partial charge in [0.1, 0.15) is 0 Å². The van der Waals surface area contributed by atoms with Crippen LogP contribution in [0.3, 0.4) is 0 Å². The van der Waals surface area contributed by atoms with Crippen molar-refractivity contribution in [3.05, 3.63) is 17.7 Å². The number of amides is 1. The van der Waals surface area contributed by atoms with Crippen molar-refractivity contribution in [3.63, 3.8) is 0 Å². The van der Waals surface area contributed by atoms with Crippen molar-refractivity contribution in [2.45, 2.75) is 64.0 Å². The van der Waals surface area contributed by atoms with E-state index in [0.717, 1.165) is 43.5 Å². The molecule has 6 heteroatoms. The van der Waals surface area contributed by atoms with Crippen LogP contribution in [0.4, 0.5) is 0 Å². The molecule has 1 aliphatic heterocycles. The molecule has 0 radical (unpaired) electrons. The van der Waals surface area contributed by atoms with E-state index in [0.29, 0.717) is 29.7 Å². The van der Waals surface area contributed by atoms with Crippen LogP contribution < -0.4 is 14.2 Å². The Balaban J connectivity index is 1.56. The summed E-state index contributed by atoms with van der Waals surface area (Å²) < 4.78 is 16.2. The standard InChI is InChI=1S/C24H38N2O4/c1-17-6-8-20(9-7-17)26-12-10-19(11-13-26)25(2)23(27)16-18-14-21(28-3)24(30-5)22(15-18)29-4/h14-15,17,19-20H,6-13,16H2,1-5H3. The van der Waals surface area contributed by atoms with Crippen LogP contribution in [-0.2, 0) is 11.2 Å². The molecule has 30 heavy (non-hydrogen) atoms. The van der Waals surface area contributed by atoms with Crippen LogP contribution in [0.25, 0.3) is 0 Å². The number of ether oxygens (including phenoxy) is 3. The number of likely N-dealkylation sites (tertiary alicyclic amines) is 1. The second kappa shape index (κ2) is 10.4. The zero-order valence-electron chi connectivity index (χ0n) is 19.3. The Morgan fingerprint density at radius 1 is 0.967 bits per heavy atom. The van der Waals surface area contributed by atoms with Crippen LogP contribution >= 0.6 is 0 Å². The van der Waals surface area contributed by atoms with Gasteiger partial charge in [0.2, 0.25) is 11.7 Å². The first-order valence-corrected chi connectivity index (χ1v) is 11.2. The summed E-state index contributed by atoms with van der Waals surface area (Å²) in [6.07, 6.45) is 7.83. The van der Waals surface area contributed by atoms with Crippen molar-refractivity contribution in [1.82, 2.24) is 9.80 Å². The van der Waals surface area contributed by atoms with Gasteiger partial charge in [-0.1, -0.05) is 6.92 Å². The Bertz CT molecular complexity index is 682. The summed E-state index contributed by atoms with van der Waals surface area (Å²) >= 11 is 0. The van der Waals surface area contributed by atoms with E-state index in [-0.39, 0.29) is 5.91 Å². The molecule has 0 unspecified atom stereocenters. The first-order chi connectivity index (χ1) is 14.5. The molecule has 3 rings (SSSR count). The van der Waals surface area contributed by atoms with Crippen LogP contribution in [0.5, 0.6) is 17.2 Å². The predicted molar refractivity (Wildman–Crippen MR) is 119 cm³/mol. The minimum atomic E-state index is 0.134. The largest absolute Gasteiger partial charge is 0.493 e. The second-order valence-corrected chi connectivity index (χ2v) is 8.90. The number of benzene rings is 1. The van der Waals surface area contributed by atoms with E-state index in [1.54, 1.807) is 21.3 Å². The number of hydrogen-bond acceptors (Lipinski definition) is 5. The first kappa shape index (κ1) is 22.7. The summed E-state index contributed by atoms with van der Waals surface area (Å²) in [7, 11) is 6.72. The van der Waals surface area contributed by atoms with Crippen molar-refractivity contribution in [3.8, 4) is 17.2 Å². The van der Waals surface area contributed by atoms with E-state index in [1.807, 2.05) is 24.1 Å². The predicted octanol–water partition coefficient (Wildman–Crippen LogP) is 3.76. The smallest absolute Gasteiger partial charge is 0.226 e. The van der Waals surface area contributed by atoms with Gasteiger partial charge in [-0.15, -0.1) is 0 Å². The maximum atomic E-state index is 13.0. The second-order valence-electron chi connectivity index (χ2n) is 8.90. The molecular weight excluding hydrogens is 380 g/mol. The van der Waals surface area contributed by atoms with Gasteiger partial charge < -0.3 is 24.0 Å². The van der Waals surface area contributed by atoms with Gasteiger partial charge in [0.05, 0.1) is 27.8 Å². The van der Waals surface area contributed by atoms with Gasteiger partial charge in [0.15, 0.2) is 11.5 Å². The van der Waals surface area contributed by atoms with E-state index in [9.17, 15) is 4.79 Å². The molecule has 2 aliphatic rings. The molecule has 2 fully saturated rings. The SMILES string of the molecule is COc1cc(CC(=O)N(C)C2CCN(C3CCC(C)CC3)CC2)cc(OC)c1OC. The lowest BCUT2D eigenvalue weighted by molar-refractivity contribution is -0.132. The zero-order chi connectivity index (χ0) is 21.7. The molecule has 1 aromatic carbocycles. The van der Waals surface area contributed by atoms with Gasteiger partial charge in [0.25, 0.3) is 0 Å². The molecule has 168 valence electrons. The topological polar surface area (TPSA) is 51.2 Å². The highest BCUT2D eigenvalue weighted by atomic mass is 16.5. The molecule has 1 saturated heterocycles. The van der Waals surface area contributed by atoms with Crippen molar-refractivity contribution >= 4 is 5.91 Å². The number of piperidine rings is 1. The molecule has 0 bridgehead atoms. The Morgan fingerprint density at radius 3 is 2.03 bits per heavy atom. The van der Waals surface area contributed by atoms with Gasteiger partial charge >= 0.3 is 0 Å². The minimum absolute atomic E-state index is 0.134. The third kappa shape index (κ3) is 5.20. The average Bonchev–Trinajstić information content (AvgIpc) is 2.78. The van der Waals surface area contributed by atoms with Crippen LogP contribution in [0, 0.1) is 5.92 Å². The van der Waals surface area contributed by atoms with E-state index in [2.05, 4.69) is 11.8 Å². The molecule has 0 atom stereocenters. The third-order valence-electron chi connectivity index (χ3n) is 7.02. The Labute approximate surface area is 181 Å². The Hall–Kier alpha value is -1.95. The number of methoxy groups -OCH3 is 3. The Morgan fingerprint density at radius 2 is 1.53 bits per heavy atom. The lowest BCUT2D eigenvalue weighted by atomic mass is 9.85. The fourth-order valence-corrected chi connectivity index (χ4v) is 4.99. The molecule has 0 aromatic heterocycles. The quantitative estimate of drug-likeness (QED) is 0.675. The highest BCUT2D eigenvalue weighted by molar-refractivity contribution is 5.79. The van der Waals surface area contributed by atoms with Crippen LogP contribution in [0.15, 0.2) is 12.1 Å². The molecule has 1 saturated carbocycles. The lowest BCUT2D eigenvalue weighted by Crippen LogP contribution is -2.49. The fraction of sp³-hybridized carbons (Fsp3) is 0.708. The Kier molecular flexibility index (Phi) is 7.87. The summed E-state index contributed by atoms with van der Waals surface area (Å²) in [5.74, 6) is 2.73. The van der Waals surface area contributed by atoms with Crippen LogP contribution in [0.2, 0.25) is 0 Å². The number of likely N-dealkylation sites (N-methyl/N-ethyl adjacent to an activating group) is 1. The monoisotopic (exact) mass is 418 g/mol. The molecule has 0 spiro atoms. The van der Waals surface area contributed by atoms with Crippen molar-refractivity contribution in [2.75, 3.05) is 41.5 Å². The number of carbonyl (C=O) groups excluding carboxylic acids is 1. The normalized spacial score (nSPS) is 23.1. The fourth-order valence-electron chi connectivity index (χ4n) is 4.99. The number of rotatable bonds is 7. The van der Waals surface area contributed by atoms with Crippen LogP contribution in [-0.4, -0.2) is 69.3 Å². The number of nitrogens with zero attached hydrogens (tertiary/aromatic N) is 2. The third-order valence-corrected chi connectivity index (χ3v) is 7.02. The summed E-state index contributed by atoms with van der Waals surface area (Å²) in [6.45, 7) is 4.58.